The van der Waals surface area contributed by atoms with Crippen LogP contribution in [0.3, 0.4) is 0 Å². The summed E-state index contributed by atoms with van der Waals surface area (Å²) >= 11 is 1.75. The van der Waals surface area contributed by atoms with Gasteiger partial charge in [0.1, 0.15) is 5.01 Å². The minimum Gasteiger partial charge on any atom is -0.330 e. The molecule has 0 aliphatic heterocycles. The Bertz CT molecular complexity index is 495. The van der Waals surface area contributed by atoms with Crippen LogP contribution in [0.4, 0.5) is 0 Å². The maximum Gasteiger partial charge on any atom is 0.113 e. The molecule has 0 saturated heterocycles. The first-order valence-electron chi connectivity index (χ1n) is 6.27. The molecular weight excluding hydrogens is 244 g/mol. The van der Waals surface area contributed by atoms with Crippen molar-refractivity contribution in [3.05, 3.63) is 33.8 Å². The zero-order valence-corrected chi connectivity index (χ0v) is 12.0. The van der Waals surface area contributed by atoms with Gasteiger partial charge >= 0.3 is 0 Å². The summed E-state index contributed by atoms with van der Waals surface area (Å²) in [6.45, 7) is 7.06. The molecule has 2 rings (SSSR count). The van der Waals surface area contributed by atoms with Crippen LogP contribution in [0.1, 0.15) is 34.6 Å². The van der Waals surface area contributed by atoms with E-state index in [-0.39, 0.29) is 6.04 Å². The lowest BCUT2D eigenvalue weighted by Gasteiger charge is -2.04. The molecule has 5 heteroatoms. The van der Waals surface area contributed by atoms with Gasteiger partial charge in [-0.2, -0.15) is 0 Å². The zero-order valence-electron chi connectivity index (χ0n) is 11.2. The molecule has 2 aromatic rings. The summed E-state index contributed by atoms with van der Waals surface area (Å²) in [6.07, 6.45) is 5.77. The standard InChI is InChI=1S/C13H20N4S/c1-4-11(14)5-12-6-17(8-15-12)7-13-16-9(2)10(3)18-13/h6,8,11H,4-5,7,14H2,1-3H3. The fourth-order valence-corrected chi connectivity index (χ4v) is 2.72. The second-order valence-corrected chi connectivity index (χ2v) is 5.95. The quantitative estimate of drug-likeness (QED) is 0.901. The fraction of sp³-hybridized carbons (Fsp3) is 0.538. The highest BCUT2D eigenvalue weighted by atomic mass is 32.1. The number of nitrogens with zero attached hydrogens (tertiary/aromatic N) is 3. The first-order valence-corrected chi connectivity index (χ1v) is 7.09. The Hall–Kier alpha value is -1.20. The molecule has 0 aromatic carbocycles. The van der Waals surface area contributed by atoms with Gasteiger partial charge in [-0.1, -0.05) is 6.92 Å². The summed E-state index contributed by atoms with van der Waals surface area (Å²) in [6, 6.07) is 0.206. The van der Waals surface area contributed by atoms with Gasteiger partial charge in [-0.25, -0.2) is 9.97 Å². The van der Waals surface area contributed by atoms with E-state index in [1.165, 1.54) is 4.88 Å². The molecule has 1 unspecified atom stereocenters. The van der Waals surface area contributed by atoms with Gasteiger partial charge in [0.2, 0.25) is 0 Å². The molecule has 0 aliphatic carbocycles. The van der Waals surface area contributed by atoms with E-state index in [1.807, 2.05) is 6.33 Å². The number of rotatable bonds is 5. The van der Waals surface area contributed by atoms with Crippen molar-refractivity contribution in [2.24, 2.45) is 5.73 Å². The lowest BCUT2D eigenvalue weighted by atomic mass is 10.1. The molecule has 2 aromatic heterocycles. The third-order valence-electron chi connectivity index (χ3n) is 3.07. The van der Waals surface area contributed by atoms with E-state index in [0.29, 0.717) is 0 Å². The zero-order chi connectivity index (χ0) is 13.1. The van der Waals surface area contributed by atoms with Crippen LogP contribution in [0, 0.1) is 13.8 Å². The van der Waals surface area contributed by atoms with Crippen molar-refractivity contribution in [1.29, 1.82) is 0 Å². The van der Waals surface area contributed by atoms with Crippen molar-refractivity contribution in [1.82, 2.24) is 14.5 Å². The van der Waals surface area contributed by atoms with Gasteiger partial charge in [-0.3, -0.25) is 0 Å². The highest BCUT2D eigenvalue weighted by Gasteiger charge is 2.07. The third kappa shape index (κ3) is 3.17. The Kier molecular flexibility index (Phi) is 4.14. The number of thiazole rings is 1. The van der Waals surface area contributed by atoms with Crippen LogP contribution in [-0.4, -0.2) is 20.6 Å². The molecule has 0 aliphatic rings. The van der Waals surface area contributed by atoms with Gasteiger partial charge in [0, 0.05) is 23.5 Å². The number of hydrogen-bond acceptors (Lipinski definition) is 4. The van der Waals surface area contributed by atoms with Gasteiger partial charge in [0.05, 0.1) is 24.3 Å². The molecule has 4 nitrogen and oxygen atoms in total. The normalized spacial score (nSPS) is 12.9. The van der Waals surface area contributed by atoms with E-state index in [1.54, 1.807) is 11.3 Å². The molecule has 0 saturated carbocycles. The summed E-state index contributed by atoms with van der Waals surface area (Å²) in [5.74, 6) is 0. The number of aromatic nitrogens is 3. The maximum atomic E-state index is 5.93. The Morgan fingerprint density at radius 1 is 1.44 bits per heavy atom. The number of aryl methyl sites for hydroxylation is 2. The molecule has 2 N–H and O–H groups in total. The molecule has 0 spiro atoms. The number of hydrogen-bond donors (Lipinski definition) is 1. The van der Waals surface area contributed by atoms with Crippen LogP contribution in [0.2, 0.25) is 0 Å². The predicted octanol–water partition coefficient (Wildman–Crippen LogP) is 2.28. The average molecular weight is 264 g/mol. The Morgan fingerprint density at radius 2 is 2.22 bits per heavy atom. The van der Waals surface area contributed by atoms with E-state index >= 15 is 0 Å². The maximum absolute atomic E-state index is 5.93. The van der Waals surface area contributed by atoms with E-state index in [2.05, 4.69) is 41.5 Å². The molecule has 18 heavy (non-hydrogen) atoms. The van der Waals surface area contributed by atoms with Crippen LogP contribution in [0.5, 0.6) is 0 Å². The molecule has 1 atom stereocenters. The lowest BCUT2D eigenvalue weighted by molar-refractivity contribution is 0.638. The first-order chi connectivity index (χ1) is 8.58. The van der Waals surface area contributed by atoms with Crippen LogP contribution in [0.15, 0.2) is 12.5 Å². The van der Waals surface area contributed by atoms with Crippen molar-refractivity contribution >= 4 is 11.3 Å². The molecule has 0 bridgehead atoms. The van der Waals surface area contributed by atoms with E-state index in [9.17, 15) is 0 Å². The minimum atomic E-state index is 0.206. The smallest absolute Gasteiger partial charge is 0.113 e. The SMILES string of the molecule is CCC(N)Cc1cn(Cc2nc(C)c(C)s2)cn1. The van der Waals surface area contributed by atoms with Gasteiger partial charge in [0.15, 0.2) is 0 Å². The Morgan fingerprint density at radius 3 is 2.83 bits per heavy atom. The molecule has 2 heterocycles. The molecule has 0 amide bonds. The van der Waals surface area contributed by atoms with Crippen molar-refractivity contribution in [2.45, 2.75) is 46.2 Å². The molecule has 0 fully saturated rings. The Labute approximate surface area is 112 Å². The average Bonchev–Trinajstić information content (AvgIpc) is 2.87. The van der Waals surface area contributed by atoms with E-state index in [4.69, 9.17) is 5.73 Å². The Balaban J connectivity index is 2.02. The van der Waals surface area contributed by atoms with Crippen LogP contribution >= 0.6 is 11.3 Å². The fourth-order valence-electron chi connectivity index (χ4n) is 1.77. The summed E-state index contributed by atoms with van der Waals surface area (Å²) in [4.78, 5) is 10.2. The van der Waals surface area contributed by atoms with Crippen molar-refractivity contribution < 1.29 is 0 Å². The minimum absolute atomic E-state index is 0.206. The van der Waals surface area contributed by atoms with E-state index < -0.39 is 0 Å². The highest BCUT2D eigenvalue weighted by Crippen LogP contribution is 2.17. The lowest BCUT2D eigenvalue weighted by Crippen LogP contribution is -2.21. The summed E-state index contributed by atoms with van der Waals surface area (Å²) in [5.41, 5.74) is 8.12. The first kappa shape index (κ1) is 13.2. The van der Waals surface area contributed by atoms with Gasteiger partial charge in [0.25, 0.3) is 0 Å². The second-order valence-electron chi connectivity index (χ2n) is 4.66. The van der Waals surface area contributed by atoms with Gasteiger partial charge < -0.3 is 10.3 Å². The second kappa shape index (κ2) is 5.63. The molecule has 98 valence electrons. The van der Waals surface area contributed by atoms with Crippen LogP contribution < -0.4 is 5.73 Å². The topological polar surface area (TPSA) is 56.7 Å². The molecule has 0 radical (unpaired) electrons. The summed E-state index contributed by atoms with van der Waals surface area (Å²) in [5, 5.41) is 1.13. The van der Waals surface area contributed by atoms with Crippen LogP contribution in [-0.2, 0) is 13.0 Å². The third-order valence-corrected chi connectivity index (χ3v) is 4.13. The van der Waals surface area contributed by atoms with Crippen molar-refractivity contribution in [3.63, 3.8) is 0 Å². The van der Waals surface area contributed by atoms with Crippen LogP contribution in [0.25, 0.3) is 0 Å². The largest absolute Gasteiger partial charge is 0.330 e. The van der Waals surface area contributed by atoms with Crippen molar-refractivity contribution in [3.8, 4) is 0 Å². The highest BCUT2D eigenvalue weighted by molar-refractivity contribution is 7.11. The predicted molar refractivity (Wildman–Crippen MR) is 74.9 cm³/mol. The summed E-state index contributed by atoms with van der Waals surface area (Å²) in [7, 11) is 0. The monoisotopic (exact) mass is 264 g/mol. The number of nitrogens with two attached hydrogens (primary N) is 1. The number of imidazole rings is 1. The van der Waals surface area contributed by atoms with Gasteiger partial charge in [-0.15, -0.1) is 11.3 Å². The van der Waals surface area contributed by atoms with Crippen molar-refractivity contribution in [2.75, 3.05) is 0 Å². The van der Waals surface area contributed by atoms with Gasteiger partial charge in [-0.05, 0) is 20.3 Å². The van der Waals surface area contributed by atoms with E-state index in [0.717, 1.165) is 35.8 Å². The molecular formula is C13H20N4S. The summed E-state index contributed by atoms with van der Waals surface area (Å²) < 4.78 is 2.08.